The van der Waals surface area contributed by atoms with Gasteiger partial charge in [-0.25, -0.2) is 25.0 Å². The second kappa shape index (κ2) is 24.4. The number of aliphatic imine (C=N–C) groups is 4. The number of primary amides is 1. The van der Waals surface area contributed by atoms with Gasteiger partial charge < -0.3 is 98.2 Å². The Morgan fingerprint density at radius 2 is 1.11 bits per heavy atom. The van der Waals surface area contributed by atoms with Crippen molar-refractivity contribution in [1.29, 1.82) is 0 Å². The van der Waals surface area contributed by atoms with Crippen LogP contribution < -0.4 is 88.0 Å². The molecule has 0 spiro atoms. The summed E-state index contributed by atoms with van der Waals surface area (Å²) in [6.07, 6.45) is -10.5. The van der Waals surface area contributed by atoms with E-state index in [1.54, 1.807) is 19.0 Å². The first kappa shape index (κ1) is 55.0. The van der Waals surface area contributed by atoms with Crippen LogP contribution in [-0.4, -0.2) is 129 Å². The van der Waals surface area contributed by atoms with Gasteiger partial charge in [0.15, 0.2) is 23.8 Å². The summed E-state index contributed by atoms with van der Waals surface area (Å²) in [5.74, 6) is -12.8. The van der Waals surface area contributed by atoms with Gasteiger partial charge >= 0.3 is 5.69 Å². The summed E-state index contributed by atoms with van der Waals surface area (Å²) in [5, 5.41) is 56.7. The number of phenolic OH excluding ortho intramolecular Hbond substituents is 1. The highest BCUT2D eigenvalue weighted by molar-refractivity contribution is 5.99. The average molecular weight is 996 g/mol. The van der Waals surface area contributed by atoms with E-state index in [1.165, 1.54) is 48.5 Å². The van der Waals surface area contributed by atoms with E-state index in [0.29, 0.717) is 22.9 Å². The lowest BCUT2D eigenvalue weighted by Crippen LogP contribution is -2.58. The van der Waals surface area contributed by atoms with E-state index in [9.17, 15) is 59.2 Å². The molecule has 2 aromatic carbocycles. The van der Waals surface area contributed by atoms with Gasteiger partial charge in [-0.15, -0.1) is 0 Å². The quantitative estimate of drug-likeness (QED) is 0.0138. The number of aromatic hydroxyl groups is 1. The van der Waals surface area contributed by atoms with Crippen LogP contribution in [0.2, 0.25) is 0 Å². The molecule has 6 amide bonds. The first-order valence-electron chi connectivity index (χ1n) is 19.6. The molecule has 25 N–H and O–H groups in total. The monoisotopic (exact) mass is 995 g/mol. The minimum Gasteiger partial charge on any atom is -0.508 e. The number of rotatable bonds is 23. The van der Waals surface area contributed by atoms with Crippen molar-refractivity contribution < 1.29 is 48.8 Å². The molecule has 3 rings (SSSR count). The normalized spacial score (nSPS) is 13.0. The molecule has 0 aliphatic heterocycles. The number of nitrogens with two attached hydrogens (primary N) is 9. The van der Waals surface area contributed by atoms with Crippen molar-refractivity contribution in [3.63, 3.8) is 0 Å². The highest BCUT2D eigenvalue weighted by atomic mass is 16.6. The topological polar surface area (TPSA) is 592 Å². The molecule has 6 atom stereocenters. The number of aliphatic hydroxyl groups is 1. The Morgan fingerprint density at radius 3 is 1.54 bits per heavy atom. The predicted molar refractivity (Wildman–Crippen MR) is 250 cm³/mol. The molecule has 71 heavy (non-hydrogen) atoms. The second-order valence-electron chi connectivity index (χ2n) is 14.4. The van der Waals surface area contributed by atoms with Crippen molar-refractivity contribution in [2.75, 3.05) is 23.9 Å². The van der Waals surface area contributed by atoms with E-state index < -0.39 is 136 Å². The van der Waals surface area contributed by atoms with Gasteiger partial charge in [0.2, 0.25) is 42.6 Å². The van der Waals surface area contributed by atoms with Gasteiger partial charge in [0.1, 0.15) is 18.0 Å². The summed E-state index contributed by atoms with van der Waals surface area (Å²) >= 11 is 0. The van der Waals surface area contributed by atoms with Crippen LogP contribution in [-0.2, 0) is 35.3 Å². The first-order valence-corrected chi connectivity index (χ1v) is 19.6. The van der Waals surface area contributed by atoms with Crippen molar-refractivity contribution >= 4 is 82.2 Å². The van der Waals surface area contributed by atoms with Gasteiger partial charge in [-0.05, 0) is 11.6 Å². The number of carbonyl (C=O) groups is 6. The van der Waals surface area contributed by atoms with Crippen molar-refractivity contribution in [3.8, 4) is 5.75 Å². The summed E-state index contributed by atoms with van der Waals surface area (Å²) in [6.45, 7) is -0.720. The minimum absolute atomic E-state index is 0.0392. The molecule has 35 heteroatoms. The predicted octanol–water partition coefficient (Wildman–Crippen LogP) is -7.80. The van der Waals surface area contributed by atoms with E-state index in [1.807, 2.05) is 16.0 Å². The number of nitrogens with zero attached hydrogens (tertiary/aromatic N) is 9. The fraction of sp³-hybridized carbons (Fsp3) is 0.250. The molecular weight excluding hydrogens is 947 g/mol. The number of hydrogen-bond acceptors (Lipinski definition) is 19. The number of phenols is 1. The number of guanidine groups is 4. The molecule has 0 fully saturated rings. The number of anilines is 2. The van der Waals surface area contributed by atoms with Crippen LogP contribution in [0.25, 0.3) is 0 Å². The zero-order chi connectivity index (χ0) is 53.4. The molecule has 3 aromatic rings. The lowest BCUT2D eigenvalue weighted by atomic mass is 10.1. The zero-order valence-electron chi connectivity index (χ0n) is 37.1. The summed E-state index contributed by atoms with van der Waals surface area (Å²) in [7, 11) is 3.32. The van der Waals surface area contributed by atoms with Gasteiger partial charge in [0.05, 0.1) is 22.5 Å². The lowest BCUT2D eigenvalue weighted by molar-refractivity contribution is -0.394. The number of nitro groups is 2. The van der Waals surface area contributed by atoms with Crippen LogP contribution in [0, 0.1) is 20.2 Å². The number of carbonyl (C=O) groups excluding carboxylic acids is 6. The summed E-state index contributed by atoms with van der Waals surface area (Å²) in [4.78, 5) is 122. The molecule has 35 nitrogen and oxygen atoms in total. The molecule has 1 heterocycles. The van der Waals surface area contributed by atoms with E-state index in [2.05, 4.69) is 35.6 Å². The lowest BCUT2D eigenvalue weighted by Gasteiger charge is -2.30. The van der Waals surface area contributed by atoms with E-state index in [-0.39, 0.29) is 11.1 Å². The number of benzene rings is 2. The maximum Gasteiger partial charge on any atom is 0.318 e. The molecule has 0 radical (unpaired) electrons. The Bertz CT molecular complexity index is 2630. The fourth-order valence-corrected chi connectivity index (χ4v) is 5.71. The van der Waals surface area contributed by atoms with Gasteiger partial charge in [-0.2, -0.15) is 0 Å². The van der Waals surface area contributed by atoms with Gasteiger partial charge in [0.25, 0.3) is 35.2 Å². The largest absolute Gasteiger partial charge is 0.508 e. The average Bonchev–Trinajstić information content (AvgIpc) is 3.28. The third-order valence-corrected chi connectivity index (χ3v) is 8.89. The Kier molecular flexibility index (Phi) is 18.9. The summed E-state index contributed by atoms with van der Waals surface area (Å²) in [6, 6.07) is 9.72. The Labute approximate surface area is 398 Å². The number of pyridine rings is 1. The third kappa shape index (κ3) is 15.9. The van der Waals surface area contributed by atoms with Crippen molar-refractivity contribution in [2.45, 2.75) is 43.5 Å². The summed E-state index contributed by atoms with van der Waals surface area (Å²) < 4.78 is 0. The number of hydrogen-bond donors (Lipinski definition) is 16. The van der Waals surface area contributed by atoms with Crippen LogP contribution in [0.15, 0.2) is 80.8 Å². The Balaban J connectivity index is 2.04. The fourth-order valence-electron chi connectivity index (χ4n) is 5.71. The summed E-state index contributed by atoms with van der Waals surface area (Å²) in [5.41, 5.74) is 47.1. The van der Waals surface area contributed by atoms with Crippen LogP contribution in [0.4, 0.5) is 22.9 Å². The number of aromatic nitrogens is 1. The second-order valence-corrected chi connectivity index (χ2v) is 14.4. The molecule has 0 aliphatic rings. The number of aliphatic hydroxyl groups excluding tert-OH is 1. The van der Waals surface area contributed by atoms with Gasteiger partial charge in [-0.1, -0.05) is 36.4 Å². The van der Waals surface area contributed by atoms with Crippen molar-refractivity contribution in [2.24, 2.45) is 71.6 Å². The van der Waals surface area contributed by atoms with Gasteiger partial charge in [0, 0.05) is 31.4 Å². The Morgan fingerprint density at radius 1 is 0.648 bits per heavy atom. The molecular formula is C36H49N23O12. The molecule has 0 saturated heterocycles. The van der Waals surface area contributed by atoms with E-state index in [0.717, 1.165) is 0 Å². The highest BCUT2D eigenvalue weighted by Gasteiger charge is 2.37. The standard InChI is InChI=1S/C36H49N23O12/c1-56(2)16-9-8-15(19(60)11-16)13-57(26-18(59(70)71)10-17(12-46-26)58(68)69)32(67)31(66)47-20(14-6-4-3-5-7-14)27(62)49-23(53-34(40)41)29(64)51-25(55-36(44)45)30(65)50-24(54-35(42)43)28(63)48-22(21(37)61)52-33(38)39/h3-12,20,22-25,32,60,67H,13H2,1-2H3,(H2,37,61)(H,47,66)(H,48,63)(H,49,62)(H,50,65)(H,51,64)(H4,38,39,52)(H4,40,41,53)(H4,42,43,54)(H4,44,45,55). The van der Waals surface area contributed by atoms with Gasteiger partial charge in [-0.3, -0.25) is 49.0 Å². The maximum absolute atomic E-state index is 14.2. The minimum atomic E-state index is -2.55. The highest BCUT2D eigenvalue weighted by Crippen LogP contribution is 2.34. The molecule has 380 valence electrons. The van der Waals surface area contributed by atoms with Crippen LogP contribution in [0.5, 0.6) is 5.75 Å². The van der Waals surface area contributed by atoms with Crippen LogP contribution in [0.1, 0.15) is 17.2 Å². The molecule has 0 bridgehead atoms. The molecule has 0 saturated carbocycles. The SMILES string of the molecule is CN(C)c1ccc(CN(c2ncc([N+](=O)[O-])cc2[N+](=O)[O-])C(O)C(=O)NC(C(=O)NC(N=C(N)N)C(=O)NC(N=C(N)N)C(=O)NC(N=C(N)N)C(=O)NC(N=C(N)N)C(N)=O)c2ccccc2)c(O)c1. The smallest absolute Gasteiger partial charge is 0.318 e. The molecule has 0 aliphatic carbocycles. The maximum atomic E-state index is 14.2. The third-order valence-electron chi connectivity index (χ3n) is 8.89. The van der Waals surface area contributed by atoms with E-state index in [4.69, 9.17) is 51.6 Å². The zero-order valence-corrected chi connectivity index (χ0v) is 37.1. The molecule has 6 unspecified atom stereocenters. The number of amides is 6. The van der Waals surface area contributed by atoms with Crippen molar-refractivity contribution in [3.05, 3.63) is 92.1 Å². The Hall–Kier alpha value is -10.4. The van der Waals surface area contributed by atoms with Crippen LogP contribution >= 0.6 is 0 Å². The van der Waals surface area contributed by atoms with E-state index >= 15 is 0 Å². The number of nitrogens with one attached hydrogen (secondary N) is 5. The first-order chi connectivity index (χ1) is 33.2. The van der Waals surface area contributed by atoms with Crippen LogP contribution in [0.3, 0.4) is 0 Å². The van der Waals surface area contributed by atoms with Crippen molar-refractivity contribution in [1.82, 2.24) is 31.6 Å². The molecule has 1 aromatic heterocycles.